The summed E-state index contributed by atoms with van der Waals surface area (Å²) in [5.41, 5.74) is 3.89. The van der Waals surface area contributed by atoms with Gasteiger partial charge in [-0.2, -0.15) is 10.2 Å². The Labute approximate surface area is 221 Å². The van der Waals surface area contributed by atoms with Crippen LogP contribution in [0, 0.1) is 12.8 Å². The number of aromatic nitrogens is 4. The van der Waals surface area contributed by atoms with Gasteiger partial charge in [0.1, 0.15) is 23.5 Å². The Morgan fingerprint density at radius 1 is 1.32 bits per heavy atom. The monoisotopic (exact) mass is 531 g/mol. The summed E-state index contributed by atoms with van der Waals surface area (Å²) >= 11 is 6.42. The lowest BCUT2D eigenvalue weighted by Gasteiger charge is -2.26. The lowest BCUT2D eigenvalue weighted by atomic mass is 10.0. The lowest BCUT2D eigenvalue weighted by molar-refractivity contribution is 0.0253. The van der Waals surface area contributed by atoms with Crippen LogP contribution in [0.25, 0.3) is 16.8 Å². The van der Waals surface area contributed by atoms with E-state index in [9.17, 15) is 9.90 Å². The highest BCUT2D eigenvalue weighted by atomic mass is 35.5. The van der Waals surface area contributed by atoms with Crippen molar-refractivity contribution >= 4 is 23.2 Å². The van der Waals surface area contributed by atoms with Crippen molar-refractivity contribution in [3.05, 3.63) is 34.7 Å². The predicted molar refractivity (Wildman–Crippen MR) is 138 cm³/mol. The Hall–Kier alpha value is -2.82. The van der Waals surface area contributed by atoms with E-state index < -0.39 is 11.7 Å². The quantitative estimate of drug-likeness (QED) is 0.535. The van der Waals surface area contributed by atoms with E-state index in [1.807, 2.05) is 44.6 Å². The van der Waals surface area contributed by atoms with E-state index in [1.54, 1.807) is 15.6 Å². The minimum absolute atomic E-state index is 0.0610. The number of rotatable bonds is 5. The van der Waals surface area contributed by atoms with Crippen molar-refractivity contribution in [2.45, 2.75) is 58.8 Å². The maximum Gasteiger partial charge on any atom is 0.410 e. The molecule has 2 aliphatic rings. The maximum atomic E-state index is 12.6. The molecule has 5 heterocycles. The second-order valence-corrected chi connectivity index (χ2v) is 11.1. The SMILES string of the molecule is Cc1c(-c2cc(OCC(O)C3CCOC3)c3c(Cl)cnn3c2)nn2c1CCN(C(=O)OC(C)(C)C)CC2. The highest BCUT2D eigenvalue weighted by molar-refractivity contribution is 6.34. The Balaban J connectivity index is 1.39. The van der Waals surface area contributed by atoms with Crippen molar-refractivity contribution in [1.82, 2.24) is 24.3 Å². The van der Waals surface area contributed by atoms with Crippen LogP contribution >= 0.6 is 11.6 Å². The number of aliphatic hydroxyl groups excluding tert-OH is 1. The molecule has 1 amide bonds. The van der Waals surface area contributed by atoms with Gasteiger partial charge in [-0.25, -0.2) is 9.31 Å². The number of hydrogen-bond donors (Lipinski definition) is 1. The summed E-state index contributed by atoms with van der Waals surface area (Å²) in [5.74, 6) is 0.600. The van der Waals surface area contributed by atoms with Gasteiger partial charge in [0.15, 0.2) is 0 Å². The third-order valence-electron chi connectivity index (χ3n) is 6.90. The van der Waals surface area contributed by atoms with Gasteiger partial charge >= 0.3 is 6.09 Å². The molecule has 1 N–H and O–H groups in total. The van der Waals surface area contributed by atoms with Crippen LogP contribution < -0.4 is 4.74 Å². The number of halogens is 1. The molecule has 0 spiro atoms. The average molecular weight is 532 g/mol. The molecule has 2 aliphatic heterocycles. The minimum atomic E-state index is -0.633. The number of nitrogens with zero attached hydrogens (tertiary/aromatic N) is 5. The van der Waals surface area contributed by atoms with Crippen LogP contribution in [0.4, 0.5) is 4.79 Å². The number of hydrogen-bond acceptors (Lipinski definition) is 7. The molecule has 1 saturated heterocycles. The van der Waals surface area contributed by atoms with E-state index in [0.29, 0.717) is 55.6 Å². The van der Waals surface area contributed by atoms with E-state index in [0.717, 1.165) is 28.9 Å². The van der Waals surface area contributed by atoms with Gasteiger partial charge in [-0.05, 0) is 45.7 Å². The van der Waals surface area contributed by atoms with Gasteiger partial charge in [0, 0.05) is 49.5 Å². The molecule has 0 radical (unpaired) electrons. The molecule has 0 aromatic carbocycles. The van der Waals surface area contributed by atoms with E-state index in [1.165, 1.54) is 0 Å². The Morgan fingerprint density at radius 3 is 2.86 bits per heavy atom. The molecule has 0 saturated carbocycles. The topological polar surface area (TPSA) is 103 Å². The zero-order valence-electron chi connectivity index (χ0n) is 21.7. The first-order valence-electron chi connectivity index (χ1n) is 12.7. The van der Waals surface area contributed by atoms with Gasteiger partial charge in [0.2, 0.25) is 0 Å². The summed E-state index contributed by atoms with van der Waals surface area (Å²) in [6, 6.07) is 1.91. The van der Waals surface area contributed by atoms with Crippen LogP contribution in [-0.4, -0.2) is 80.1 Å². The average Bonchev–Trinajstić information content (AvgIpc) is 3.53. The van der Waals surface area contributed by atoms with Gasteiger partial charge in [0.05, 0.1) is 36.2 Å². The van der Waals surface area contributed by atoms with Crippen molar-refractivity contribution in [3.8, 4) is 17.0 Å². The zero-order valence-corrected chi connectivity index (χ0v) is 22.5. The fourth-order valence-corrected chi connectivity index (χ4v) is 5.12. The molecule has 0 bridgehead atoms. The first-order chi connectivity index (χ1) is 17.6. The molecule has 5 rings (SSSR count). The molecule has 10 nitrogen and oxygen atoms in total. The minimum Gasteiger partial charge on any atom is -0.489 e. The zero-order chi connectivity index (χ0) is 26.3. The molecule has 3 aromatic heterocycles. The molecular formula is C26H34ClN5O5. The van der Waals surface area contributed by atoms with E-state index in [-0.39, 0.29) is 18.6 Å². The van der Waals surface area contributed by atoms with Gasteiger partial charge in [-0.15, -0.1) is 0 Å². The summed E-state index contributed by atoms with van der Waals surface area (Å²) in [6.07, 6.45) is 4.02. The highest BCUT2D eigenvalue weighted by Crippen LogP contribution is 2.34. The van der Waals surface area contributed by atoms with Crippen molar-refractivity contribution in [2.24, 2.45) is 5.92 Å². The van der Waals surface area contributed by atoms with Crippen LogP contribution in [0.1, 0.15) is 38.4 Å². The largest absolute Gasteiger partial charge is 0.489 e. The normalized spacial score (nSPS) is 19.1. The standard InChI is InChI=1S/C26H34ClN5O5/c1-16-20-5-7-30(25(34)37-26(2,3)4)8-9-31(20)29-23(16)18-11-22(24-19(27)12-28-32(24)13-18)36-15-21(33)17-6-10-35-14-17/h11-13,17,21,33H,5-10,14-15H2,1-4H3. The van der Waals surface area contributed by atoms with Crippen LogP contribution in [-0.2, 0) is 22.4 Å². The number of pyridine rings is 1. The highest BCUT2D eigenvalue weighted by Gasteiger charge is 2.28. The number of fused-ring (bicyclic) bond motifs is 2. The van der Waals surface area contributed by atoms with Crippen molar-refractivity contribution in [1.29, 1.82) is 0 Å². The molecule has 37 heavy (non-hydrogen) atoms. The smallest absolute Gasteiger partial charge is 0.410 e. The van der Waals surface area contributed by atoms with Crippen molar-refractivity contribution in [2.75, 3.05) is 32.9 Å². The predicted octanol–water partition coefficient (Wildman–Crippen LogP) is 3.73. The van der Waals surface area contributed by atoms with Crippen molar-refractivity contribution in [3.63, 3.8) is 0 Å². The van der Waals surface area contributed by atoms with Gasteiger partial charge in [-0.3, -0.25) is 4.68 Å². The van der Waals surface area contributed by atoms with E-state index >= 15 is 0 Å². The molecule has 1 fully saturated rings. The molecule has 2 atom stereocenters. The Bertz CT molecular complexity index is 1290. The third kappa shape index (κ3) is 5.42. The van der Waals surface area contributed by atoms with Crippen LogP contribution in [0.5, 0.6) is 5.75 Å². The van der Waals surface area contributed by atoms with Crippen LogP contribution in [0.15, 0.2) is 18.5 Å². The first-order valence-corrected chi connectivity index (χ1v) is 13.1. The summed E-state index contributed by atoms with van der Waals surface area (Å²) in [4.78, 5) is 14.3. The molecule has 200 valence electrons. The third-order valence-corrected chi connectivity index (χ3v) is 7.17. The summed E-state index contributed by atoms with van der Waals surface area (Å²) in [5, 5.41) is 20.3. The molecule has 3 aromatic rings. The first kappa shape index (κ1) is 25.8. The van der Waals surface area contributed by atoms with Gasteiger partial charge in [-0.1, -0.05) is 11.6 Å². The fourth-order valence-electron chi connectivity index (χ4n) is 4.89. The van der Waals surface area contributed by atoms with Crippen LogP contribution in [0.3, 0.4) is 0 Å². The number of ether oxygens (including phenoxy) is 3. The summed E-state index contributed by atoms with van der Waals surface area (Å²) < 4.78 is 20.7. The van der Waals surface area contributed by atoms with Crippen LogP contribution in [0.2, 0.25) is 5.02 Å². The fraction of sp³-hybridized carbons (Fsp3) is 0.577. The number of amides is 1. The van der Waals surface area contributed by atoms with Gasteiger partial charge < -0.3 is 24.2 Å². The molecule has 0 aliphatic carbocycles. The van der Waals surface area contributed by atoms with E-state index in [4.69, 9.17) is 30.9 Å². The second-order valence-electron chi connectivity index (χ2n) is 10.7. The van der Waals surface area contributed by atoms with Crippen molar-refractivity contribution < 1.29 is 24.1 Å². The Kier molecular flexibility index (Phi) is 7.08. The lowest BCUT2D eigenvalue weighted by Crippen LogP contribution is -2.38. The van der Waals surface area contributed by atoms with E-state index in [2.05, 4.69) is 5.10 Å². The number of carbonyl (C=O) groups excluding carboxylic acids is 1. The molecular weight excluding hydrogens is 498 g/mol. The molecule has 2 unspecified atom stereocenters. The summed E-state index contributed by atoms with van der Waals surface area (Å²) in [6.45, 7) is 10.6. The molecule has 11 heteroatoms. The summed E-state index contributed by atoms with van der Waals surface area (Å²) in [7, 11) is 0. The van der Waals surface area contributed by atoms with Gasteiger partial charge in [0.25, 0.3) is 0 Å². The second kappa shape index (κ2) is 10.2. The maximum absolute atomic E-state index is 12.6. The number of aliphatic hydroxyl groups is 1. The number of carbonyl (C=O) groups is 1. The Morgan fingerprint density at radius 2 is 2.14 bits per heavy atom.